The fourth-order valence-electron chi connectivity index (χ4n) is 1.55. The van der Waals surface area contributed by atoms with Gasteiger partial charge >= 0.3 is 0 Å². The summed E-state index contributed by atoms with van der Waals surface area (Å²) in [6.45, 7) is 2.18. The highest BCUT2D eigenvalue weighted by Crippen LogP contribution is 2.18. The summed E-state index contributed by atoms with van der Waals surface area (Å²) in [4.78, 5) is 18.6. The Balaban J connectivity index is 2.13. The first kappa shape index (κ1) is 12.0. The molecular weight excluding hydrogens is 232 g/mol. The van der Waals surface area contributed by atoms with Crippen LogP contribution in [0.4, 0.5) is 11.6 Å². The van der Waals surface area contributed by atoms with Gasteiger partial charge in [-0.05, 0) is 13.0 Å². The third-order valence-corrected chi connectivity index (χ3v) is 2.42. The van der Waals surface area contributed by atoms with E-state index in [0.717, 1.165) is 5.69 Å². The van der Waals surface area contributed by atoms with Gasteiger partial charge in [-0.1, -0.05) is 18.2 Å². The zero-order valence-corrected chi connectivity index (χ0v) is 9.83. The molecule has 0 saturated heterocycles. The summed E-state index contributed by atoms with van der Waals surface area (Å²) < 4.78 is 0. The van der Waals surface area contributed by atoms with Crippen LogP contribution in [0, 0.1) is 17.0 Å². The van der Waals surface area contributed by atoms with E-state index in [4.69, 9.17) is 0 Å². The van der Waals surface area contributed by atoms with Crippen molar-refractivity contribution in [1.82, 2.24) is 9.97 Å². The lowest BCUT2D eigenvalue weighted by atomic mass is 10.2. The number of hydrogen-bond acceptors (Lipinski definition) is 5. The summed E-state index contributed by atoms with van der Waals surface area (Å²) in [5.41, 5.74) is 1.54. The highest BCUT2D eigenvalue weighted by molar-refractivity contribution is 5.42. The van der Waals surface area contributed by atoms with E-state index in [9.17, 15) is 10.1 Å². The molecular formula is C12H12N4O2. The number of nitrogens with zero attached hydrogens (tertiary/aromatic N) is 3. The van der Waals surface area contributed by atoms with Gasteiger partial charge in [0.15, 0.2) is 0 Å². The van der Waals surface area contributed by atoms with Crippen LogP contribution in [0.25, 0.3) is 0 Å². The molecule has 0 fully saturated rings. The topological polar surface area (TPSA) is 81.0 Å². The Bertz CT molecular complexity index is 572. The zero-order valence-electron chi connectivity index (χ0n) is 9.83. The number of nitro groups is 1. The molecule has 0 aliphatic heterocycles. The molecule has 6 heteroatoms. The average molecular weight is 244 g/mol. The van der Waals surface area contributed by atoms with Gasteiger partial charge in [0.1, 0.15) is 0 Å². The summed E-state index contributed by atoms with van der Waals surface area (Å²) in [5, 5.41) is 13.8. The molecule has 0 saturated carbocycles. The minimum absolute atomic E-state index is 0.0950. The normalized spacial score (nSPS) is 10.1. The Morgan fingerprint density at radius 1 is 1.33 bits per heavy atom. The number of benzene rings is 1. The molecule has 0 aliphatic carbocycles. The predicted octanol–water partition coefficient (Wildman–Crippen LogP) is 2.31. The van der Waals surface area contributed by atoms with E-state index < -0.39 is 4.92 Å². The highest BCUT2D eigenvalue weighted by atomic mass is 16.6. The second kappa shape index (κ2) is 5.22. The van der Waals surface area contributed by atoms with Crippen LogP contribution < -0.4 is 5.32 Å². The first-order chi connectivity index (χ1) is 8.66. The lowest BCUT2D eigenvalue weighted by Crippen LogP contribution is -2.06. The van der Waals surface area contributed by atoms with Crippen molar-refractivity contribution in [2.75, 3.05) is 5.32 Å². The Kier molecular flexibility index (Phi) is 3.47. The zero-order chi connectivity index (χ0) is 13.0. The van der Waals surface area contributed by atoms with Crippen molar-refractivity contribution < 1.29 is 4.92 Å². The second-order valence-electron chi connectivity index (χ2n) is 3.76. The standard InChI is InChI=1S/C12H12N4O2/c1-9-6-7-13-12(15-9)14-8-10-4-2-3-5-11(10)16(17)18/h2-7H,8H2,1H3,(H,13,14,15). The first-order valence-corrected chi connectivity index (χ1v) is 5.42. The van der Waals surface area contributed by atoms with E-state index in [-0.39, 0.29) is 5.69 Å². The minimum Gasteiger partial charge on any atom is -0.350 e. The van der Waals surface area contributed by atoms with Crippen molar-refractivity contribution in [3.8, 4) is 0 Å². The summed E-state index contributed by atoms with van der Waals surface area (Å²) in [7, 11) is 0. The molecule has 1 N–H and O–H groups in total. The number of nitrogens with one attached hydrogen (secondary N) is 1. The average Bonchev–Trinajstić information content (AvgIpc) is 2.37. The minimum atomic E-state index is -0.395. The maximum absolute atomic E-state index is 10.8. The molecule has 0 spiro atoms. The van der Waals surface area contributed by atoms with Crippen LogP contribution in [-0.2, 0) is 6.54 Å². The van der Waals surface area contributed by atoms with Crippen LogP contribution in [0.1, 0.15) is 11.3 Å². The Labute approximate surface area is 104 Å². The van der Waals surface area contributed by atoms with Crippen molar-refractivity contribution >= 4 is 11.6 Å². The van der Waals surface area contributed by atoms with Crippen molar-refractivity contribution in [2.24, 2.45) is 0 Å². The molecule has 1 aromatic heterocycles. The monoisotopic (exact) mass is 244 g/mol. The maximum atomic E-state index is 10.8. The Morgan fingerprint density at radius 3 is 2.83 bits per heavy atom. The van der Waals surface area contributed by atoms with Crippen molar-refractivity contribution in [1.29, 1.82) is 0 Å². The second-order valence-corrected chi connectivity index (χ2v) is 3.76. The van der Waals surface area contributed by atoms with Gasteiger partial charge in [0, 0.05) is 30.1 Å². The largest absolute Gasteiger partial charge is 0.350 e. The third-order valence-electron chi connectivity index (χ3n) is 2.42. The fourth-order valence-corrected chi connectivity index (χ4v) is 1.55. The number of rotatable bonds is 4. The van der Waals surface area contributed by atoms with Gasteiger partial charge in [-0.15, -0.1) is 0 Å². The maximum Gasteiger partial charge on any atom is 0.274 e. The summed E-state index contributed by atoms with van der Waals surface area (Å²) in [5.74, 6) is 0.466. The molecule has 92 valence electrons. The van der Waals surface area contributed by atoms with Crippen LogP contribution in [0.2, 0.25) is 0 Å². The van der Waals surface area contributed by atoms with E-state index in [1.165, 1.54) is 6.07 Å². The van der Waals surface area contributed by atoms with Crippen molar-refractivity contribution in [3.05, 3.63) is 57.9 Å². The molecule has 0 amide bonds. The van der Waals surface area contributed by atoms with Gasteiger partial charge in [0.25, 0.3) is 5.69 Å². The summed E-state index contributed by atoms with van der Waals surface area (Å²) in [6.07, 6.45) is 1.64. The Morgan fingerprint density at radius 2 is 2.11 bits per heavy atom. The predicted molar refractivity (Wildman–Crippen MR) is 67.2 cm³/mol. The number of hydrogen-bond donors (Lipinski definition) is 1. The number of para-hydroxylation sites is 1. The quantitative estimate of drug-likeness (QED) is 0.659. The molecule has 0 radical (unpaired) electrons. The SMILES string of the molecule is Cc1ccnc(NCc2ccccc2[N+](=O)[O-])n1. The van der Waals surface area contributed by atoms with Gasteiger partial charge in [-0.2, -0.15) is 0 Å². The Hall–Kier alpha value is -2.50. The summed E-state index contributed by atoms with van der Waals surface area (Å²) in [6, 6.07) is 8.39. The van der Waals surface area contributed by atoms with Crippen molar-refractivity contribution in [2.45, 2.75) is 13.5 Å². The summed E-state index contributed by atoms with van der Waals surface area (Å²) >= 11 is 0. The van der Waals surface area contributed by atoms with E-state index in [2.05, 4.69) is 15.3 Å². The smallest absolute Gasteiger partial charge is 0.274 e. The highest BCUT2D eigenvalue weighted by Gasteiger charge is 2.11. The van der Waals surface area contributed by atoms with Crippen LogP contribution in [-0.4, -0.2) is 14.9 Å². The molecule has 0 atom stereocenters. The first-order valence-electron chi connectivity index (χ1n) is 5.42. The molecule has 2 rings (SSSR count). The van der Waals surface area contributed by atoms with E-state index in [1.807, 2.05) is 6.92 Å². The molecule has 6 nitrogen and oxygen atoms in total. The van der Waals surface area contributed by atoms with Gasteiger partial charge in [-0.3, -0.25) is 10.1 Å². The molecule has 1 heterocycles. The number of aryl methyl sites for hydroxylation is 1. The molecule has 0 bridgehead atoms. The third kappa shape index (κ3) is 2.79. The fraction of sp³-hybridized carbons (Fsp3) is 0.167. The van der Waals surface area contributed by atoms with Gasteiger partial charge in [0.05, 0.1) is 4.92 Å². The number of nitro benzene ring substituents is 1. The van der Waals surface area contributed by atoms with E-state index in [0.29, 0.717) is 18.1 Å². The van der Waals surface area contributed by atoms with Crippen LogP contribution in [0.5, 0.6) is 0 Å². The molecule has 0 aliphatic rings. The molecule has 2 aromatic rings. The van der Waals surface area contributed by atoms with Crippen LogP contribution in [0.15, 0.2) is 36.5 Å². The van der Waals surface area contributed by atoms with Crippen molar-refractivity contribution in [3.63, 3.8) is 0 Å². The molecule has 0 unspecified atom stereocenters. The van der Waals surface area contributed by atoms with Gasteiger partial charge in [-0.25, -0.2) is 9.97 Å². The van der Waals surface area contributed by atoms with Crippen LogP contribution in [0.3, 0.4) is 0 Å². The van der Waals surface area contributed by atoms with Gasteiger partial charge in [0.2, 0.25) is 5.95 Å². The lowest BCUT2D eigenvalue weighted by molar-refractivity contribution is -0.385. The van der Waals surface area contributed by atoms with Gasteiger partial charge < -0.3 is 5.32 Å². The lowest BCUT2D eigenvalue weighted by Gasteiger charge is -2.05. The molecule has 1 aromatic carbocycles. The number of aromatic nitrogens is 2. The molecule has 18 heavy (non-hydrogen) atoms. The van der Waals surface area contributed by atoms with Crippen LogP contribution >= 0.6 is 0 Å². The van der Waals surface area contributed by atoms with E-state index >= 15 is 0 Å². The van der Waals surface area contributed by atoms with E-state index in [1.54, 1.807) is 30.5 Å². The number of anilines is 1.